The molecule has 32 heavy (non-hydrogen) atoms. The van der Waals surface area contributed by atoms with Crippen molar-refractivity contribution in [1.82, 2.24) is 9.88 Å². The summed E-state index contributed by atoms with van der Waals surface area (Å²) in [5.74, 6) is -0.372. The summed E-state index contributed by atoms with van der Waals surface area (Å²) < 4.78 is 5.06. The number of methoxy groups -OCH3 is 1. The van der Waals surface area contributed by atoms with Crippen molar-refractivity contribution in [2.24, 2.45) is 11.7 Å². The first kappa shape index (κ1) is 25.0. The van der Waals surface area contributed by atoms with Gasteiger partial charge in [-0.2, -0.15) is 0 Å². The summed E-state index contributed by atoms with van der Waals surface area (Å²) in [6, 6.07) is 2.01. The summed E-state index contributed by atoms with van der Waals surface area (Å²) in [7, 11) is 0.0414. The smallest absolute Gasteiger partial charge is 0.451 e. The lowest BCUT2D eigenvalue weighted by molar-refractivity contribution is -0.150. The number of nitrogens with one attached hydrogen (secondary N) is 1. The largest absolute Gasteiger partial charge is 0.468 e. The fraction of sp³-hybridized carbons (Fsp3) is 0.739. The van der Waals surface area contributed by atoms with Crippen molar-refractivity contribution in [3.63, 3.8) is 0 Å². The fourth-order valence-electron chi connectivity index (χ4n) is 5.65. The van der Waals surface area contributed by atoms with Crippen molar-refractivity contribution in [2.45, 2.75) is 82.1 Å². The molecule has 5 N–H and O–H groups in total. The summed E-state index contributed by atoms with van der Waals surface area (Å²) >= 11 is 0. The topological polar surface area (TPSA) is 129 Å². The number of pyridine rings is 1. The van der Waals surface area contributed by atoms with Crippen molar-refractivity contribution in [2.75, 3.05) is 20.2 Å². The maximum Gasteiger partial charge on any atom is 0.451 e. The van der Waals surface area contributed by atoms with Gasteiger partial charge in [-0.3, -0.25) is 14.5 Å². The van der Waals surface area contributed by atoms with Crippen LogP contribution in [0.4, 0.5) is 0 Å². The van der Waals surface area contributed by atoms with Crippen LogP contribution in [0.25, 0.3) is 0 Å². The molecule has 0 aromatic carbocycles. The Bertz CT molecular complexity index is 850. The monoisotopic (exact) mass is 447 g/mol. The van der Waals surface area contributed by atoms with Crippen LogP contribution in [0.3, 0.4) is 0 Å². The molecule has 1 fully saturated rings. The van der Waals surface area contributed by atoms with Crippen molar-refractivity contribution < 1.29 is 19.6 Å². The molecule has 0 amide bonds. The standard InChI is InChI=1S/C23H38BN3O5/c1-22(2)10-6-19(17-15-26-20(28)14-18(17)22)27-12-7-16(8-13-27)23(25,21(29)32-3)9-4-5-11-24(30)31/h14-16,19,30-31H,4-13,25H2,1-3H3,(H,26,28). The van der Waals surface area contributed by atoms with Crippen LogP contribution >= 0.6 is 0 Å². The average molecular weight is 447 g/mol. The van der Waals surface area contributed by atoms with Crippen molar-refractivity contribution in [3.05, 3.63) is 33.7 Å². The molecule has 9 heteroatoms. The van der Waals surface area contributed by atoms with Gasteiger partial charge in [-0.05, 0) is 74.0 Å². The van der Waals surface area contributed by atoms with Gasteiger partial charge < -0.3 is 25.5 Å². The SMILES string of the molecule is COC(=O)C(N)(CCCCB(O)O)C1CCN(C2CCC(C)(C)c3cc(=O)[nH]cc32)CC1. The highest BCUT2D eigenvalue weighted by atomic mass is 16.5. The summed E-state index contributed by atoms with van der Waals surface area (Å²) in [6.45, 7) is 6.06. The minimum atomic E-state index is -1.33. The second-order valence-electron chi connectivity index (χ2n) is 10.2. The van der Waals surface area contributed by atoms with Gasteiger partial charge in [0.25, 0.3) is 0 Å². The van der Waals surface area contributed by atoms with E-state index in [4.69, 9.17) is 20.5 Å². The first-order valence-electron chi connectivity index (χ1n) is 11.8. The predicted molar refractivity (Wildman–Crippen MR) is 124 cm³/mol. The average Bonchev–Trinajstić information content (AvgIpc) is 2.76. The van der Waals surface area contributed by atoms with Crippen molar-refractivity contribution in [1.29, 1.82) is 0 Å². The second-order valence-corrected chi connectivity index (χ2v) is 10.2. The molecule has 3 rings (SSSR count). The Labute approximate surface area is 190 Å². The molecule has 2 unspecified atom stereocenters. The van der Waals surface area contributed by atoms with Crippen LogP contribution in [0.2, 0.25) is 6.32 Å². The minimum Gasteiger partial charge on any atom is -0.468 e. The zero-order valence-corrected chi connectivity index (χ0v) is 19.6. The van der Waals surface area contributed by atoms with E-state index in [0.29, 0.717) is 19.3 Å². The van der Waals surface area contributed by atoms with E-state index in [1.807, 2.05) is 6.20 Å². The highest BCUT2D eigenvalue weighted by Crippen LogP contribution is 2.44. The number of esters is 1. The highest BCUT2D eigenvalue weighted by Gasteiger charge is 2.45. The van der Waals surface area contributed by atoms with Crippen LogP contribution in [-0.4, -0.2) is 58.8 Å². The lowest BCUT2D eigenvalue weighted by Gasteiger charge is -2.46. The number of H-pyrrole nitrogens is 1. The second kappa shape index (κ2) is 10.1. The molecule has 0 bridgehead atoms. The van der Waals surface area contributed by atoms with Crippen LogP contribution in [0.5, 0.6) is 0 Å². The number of hydrogen-bond donors (Lipinski definition) is 4. The van der Waals surface area contributed by atoms with E-state index in [2.05, 4.69) is 23.7 Å². The van der Waals surface area contributed by atoms with Gasteiger partial charge in [0, 0.05) is 18.3 Å². The van der Waals surface area contributed by atoms with E-state index in [-0.39, 0.29) is 35.2 Å². The van der Waals surface area contributed by atoms with Gasteiger partial charge in [0.15, 0.2) is 0 Å². The number of hydrogen-bond acceptors (Lipinski definition) is 7. The van der Waals surface area contributed by atoms with Crippen molar-refractivity contribution >= 4 is 13.1 Å². The molecule has 2 aliphatic rings. The van der Waals surface area contributed by atoms with Gasteiger partial charge >= 0.3 is 13.1 Å². The molecule has 1 saturated heterocycles. The Kier molecular flexibility index (Phi) is 7.86. The minimum absolute atomic E-state index is 0.0142. The quantitative estimate of drug-likeness (QED) is 0.271. The van der Waals surface area contributed by atoms with Crippen LogP contribution < -0.4 is 11.3 Å². The molecule has 0 spiro atoms. The number of aromatic amines is 1. The third-order valence-corrected chi connectivity index (χ3v) is 7.65. The van der Waals surface area contributed by atoms with Crippen LogP contribution in [0.15, 0.2) is 17.1 Å². The van der Waals surface area contributed by atoms with Gasteiger partial charge in [-0.15, -0.1) is 0 Å². The molecule has 1 aromatic heterocycles. The van der Waals surface area contributed by atoms with E-state index in [0.717, 1.165) is 44.3 Å². The third kappa shape index (κ3) is 5.27. The molecule has 0 radical (unpaired) electrons. The lowest BCUT2D eigenvalue weighted by atomic mass is 9.70. The van der Waals surface area contributed by atoms with Crippen LogP contribution in [0, 0.1) is 5.92 Å². The molecular weight excluding hydrogens is 409 g/mol. The summed E-state index contributed by atoms with van der Waals surface area (Å²) in [5.41, 5.74) is 7.84. The maximum absolute atomic E-state index is 12.6. The predicted octanol–water partition coefficient (Wildman–Crippen LogP) is 1.71. The van der Waals surface area contributed by atoms with Crippen molar-refractivity contribution in [3.8, 4) is 0 Å². The Balaban J connectivity index is 1.69. The number of rotatable bonds is 8. The molecule has 1 aliphatic heterocycles. The molecule has 178 valence electrons. The number of nitrogens with zero attached hydrogens (tertiary/aromatic N) is 1. The number of carbonyl (C=O) groups excluding carboxylic acids is 1. The molecule has 1 aliphatic carbocycles. The zero-order valence-electron chi connectivity index (χ0n) is 19.6. The number of ether oxygens (including phenoxy) is 1. The third-order valence-electron chi connectivity index (χ3n) is 7.65. The van der Waals surface area contributed by atoms with Gasteiger partial charge in [0.1, 0.15) is 5.54 Å². The van der Waals surface area contributed by atoms with E-state index in [9.17, 15) is 9.59 Å². The summed E-state index contributed by atoms with van der Waals surface area (Å²) in [4.78, 5) is 29.9. The molecule has 8 nitrogen and oxygen atoms in total. The van der Waals surface area contributed by atoms with Gasteiger partial charge in [-0.1, -0.05) is 26.7 Å². The molecule has 1 aromatic rings. The fourth-order valence-corrected chi connectivity index (χ4v) is 5.65. The number of carbonyl (C=O) groups is 1. The number of piperidine rings is 1. The number of likely N-dealkylation sites (tertiary alicyclic amines) is 1. The first-order chi connectivity index (χ1) is 15.1. The van der Waals surface area contributed by atoms with E-state index < -0.39 is 12.7 Å². The molecule has 2 heterocycles. The number of aromatic nitrogens is 1. The normalized spacial score (nSPS) is 23.2. The van der Waals surface area contributed by atoms with E-state index in [1.54, 1.807) is 6.07 Å². The van der Waals surface area contributed by atoms with Gasteiger partial charge in [0.05, 0.1) is 7.11 Å². The molecule has 0 saturated carbocycles. The number of fused-ring (bicyclic) bond motifs is 1. The summed E-state index contributed by atoms with van der Waals surface area (Å²) in [5, 5.41) is 18.1. The van der Waals surface area contributed by atoms with Gasteiger partial charge in [-0.25, -0.2) is 0 Å². The Morgan fingerprint density at radius 1 is 1.31 bits per heavy atom. The van der Waals surface area contributed by atoms with E-state index >= 15 is 0 Å². The van der Waals surface area contributed by atoms with Crippen LogP contribution in [-0.2, 0) is 14.9 Å². The number of nitrogens with two attached hydrogens (primary N) is 1. The highest BCUT2D eigenvalue weighted by molar-refractivity contribution is 6.40. The number of unbranched alkanes of at least 4 members (excludes halogenated alkanes) is 1. The Morgan fingerprint density at radius 2 is 2.00 bits per heavy atom. The Hall–Kier alpha value is -1.68. The molecular formula is C23H38BN3O5. The Morgan fingerprint density at radius 3 is 2.62 bits per heavy atom. The zero-order chi connectivity index (χ0) is 23.5. The van der Waals surface area contributed by atoms with Gasteiger partial charge in [0.2, 0.25) is 5.56 Å². The van der Waals surface area contributed by atoms with Crippen LogP contribution in [0.1, 0.15) is 76.0 Å². The van der Waals surface area contributed by atoms with E-state index in [1.165, 1.54) is 12.7 Å². The maximum atomic E-state index is 12.6. The first-order valence-corrected chi connectivity index (χ1v) is 11.8. The summed E-state index contributed by atoms with van der Waals surface area (Å²) in [6.07, 6.45) is 7.51. The molecule has 2 atom stereocenters. The lowest BCUT2D eigenvalue weighted by Crippen LogP contribution is -2.57.